The predicted molar refractivity (Wildman–Crippen MR) is 150 cm³/mol. The van der Waals surface area contributed by atoms with Gasteiger partial charge in [0.15, 0.2) is 5.84 Å². The highest BCUT2D eigenvalue weighted by molar-refractivity contribution is 6.02. The van der Waals surface area contributed by atoms with E-state index >= 15 is 0 Å². The summed E-state index contributed by atoms with van der Waals surface area (Å²) in [6.45, 7) is 1.72. The number of hydrogen-bond donors (Lipinski definition) is 3. The third-order valence-corrected chi connectivity index (χ3v) is 6.87. The number of hydrogen-bond acceptors (Lipinski definition) is 8. The van der Waals surface area contributed by atoms with Crippen molar-refractivity contribution < 1.29 is 28.8 Å². The topological polar surface area (TPSA) is 159 Å². The zero-order valence-corrected chi connectivity index (χ0v) is 23.6. The molecule has 40 heavy (non-hydrogen) atoms. The van der Waals surface area contributed by atoms with Crippen molar-refractivity contribution in [3.05, 3.63) is 29.8 Å². The largest absolute Gasteiger partial charge is 0.462 e. The summed E-state index contributed by atoms with van der Waals surface area (Å²) in [5, 5.41) is 9.02. The Morgan fingerprint density at radius 1 is 1.05 bits per heavy atom. The Labute approximate surface area is 235 Å². The van der Waals surface area contributed by atoms with Crippen molar-refractivity contribution in [1.29, 1.82) is 0 Å². The van der Waals surface area contributed by atoms with Crippen LogP contribution in [-0.4, -0.2) is 99.1 Å². The fourth-order valence-electron chi connectivity index (χ4n) is 4.45. The van der Waals surface area contributed by atoms with Crippen molar-refractivity contribution >= 4 is 35.5 Å². The van der Waals surface area contributed by atoms with Crippen LogP contribution >= 0.6 is 0 Å². The Bertz CT molecular complexity index is 1060. The standard InChI is InChI=1S/C27H41N7O6/c1-32(2)17-18-33(3)27(38)40-31-24(28)19-9-11-20(12-10-19)34-16-14-22(25(34)36)30-26(37)29-15-13-23(35)39-21-7-5-4-6-8-21/h9-12,21-22H,4-8,13-18H2,1-3H3,(H2,28,31)(H2,29,30,37)/t22-/m0/s1. The summed E-state index contributed by atoms with van der Waals surface area (Å²) in [6.07, 6.45) is 5.01. The molecule has 1 saturated carbocycles. The third-order valence-electron chi connectivity index (χ3n) is 6.87. The molecule has 2 fully saturated rings. The van der Waals surface area contributed by atoms with E-state index in [9.17, 15) is 19.2 Å². The molecule has 1 atom stereocenters. The fourth-order valence-corrected chi connectivity index (χ4v) is 4.45. The number of benzene rings is 1. The number of carbonyl (C=O) groups is 4. The smallest absolute Gasteiger partial charge is 0.435 e. The summed E-state index contributed by atoms with van der Waals surface area (Å²) in [5.41, 5.74) is 7.12. The monoisotopic (exact) mass is 559 g/mol. The highest BCUT2D eigenvalue weighted by Crippen LogP contribution is 2.22. The zero-order valence-electron chi connectivity index (χ0n) is 23.6. The first-order valence-corrected chi connectivity index (χ1v) is 13.7. The van der Waals surface area contributed by atoms with E-state index in [2.05, 4.69) is 15.8 Å². The third kappa shape index (κ3) is 9.40. The van der Waals surface area contributed by atoms with Gasteiger partial charge < -0.3 is 35.8 Å². The Hall–Kier alpha value is -3.87. The molecule has 0 spiro atoms. The number of amidine groups is 1. The molecule has 1 aromatic carbocycles. The van der Waals surface area contributed by atoms with Gasteiger partial charge in [-0.3, -0.25) is 14.4 Å². The number of urea groups is 1. The van der Waals surface area contributed by atoms with Gasteiger partial charge in [0.1, 0.15) is 12.1 Å². The molecular weight excluding hydrogens is 518 g/mol. The highest BCUT2D eigenvalue weighted by Gasteiger charge is 2.33. The molecule has 1 aliphatic carbocycles. The van der Waals surface area contributed by atoms with Crippen molar-refractivity contribution in [3.63, 3.8) is 0 Å². The molecule has 13 heteroatoms. The maximum atomic E-state index is 12.9. The first-order valence-electron chi connectivity index (χ1n) is 13.7. The second-order valence-electron chi connectivity index (χ2n) is 10.3. The van der Waals surface area contributed by atoms with Crippen LogP contribution in [0.4, 0.5) is 15.3 Å². The number of nitrogens with zero attached hydrogens (tertiary/aromatic N) is 4. The quantitative estimate of drug-likeness (QED) is 0.121. The zero-order chi connectivity index (χ0) is 29.1. The molecule has 0 radical (unpaired) electrons. The summed E-state index contributed by atoms with van der Waals surface area (Å²) in [5.74, 6) is -0.543. The molecule has 220 valence electrons. The van der Waals surface area contributed by atoms with Gasteiger partial charge in [0.2, 0.25) is 5.91 Å². The number of ether oxygens (including phenoxy) is 1. The molecule has 0 bridgehead atoms. The van der Waals surface area contributed by atoms with Gasteiger partial charge in [-0.05, 0) is 70.5 Å². The van der Waals surface area contributed by atoms with Crippen LogP contribution in [0.5, 0.6) is 0 Å². The van der Waals surface area contributed by atoms with Crippen LogP contribution in [-0.2, 0) is 19.2 Å². The number of anilines is 1. The number of nitrogens with two attached hydrogens (primary N) is 1. The SMILES string of the molecule is CN(C)CCN(C)C(=O)O/N=C(\N)c1ccc(N2CC[C@H](NC(=O)NCCC(=O)OC3CCCCC3)C2=O)cc1. The van der Waals surface area contributed by atoms with Crippen molar-refractivity contribution in [2.24, 2.45) is 10.9 Å². The van der Waals surface area contributed by atoms with Crippen LogP contribution in [0.25, 0.3) is 0 Å². The lowest BCUT2D eigenvalue weighted by Gasteiger charge is -2.21. The first kappa shape index (κ1) is 30.7. The highest BCUT2D eigenvalue weighted by atomic mass is 16.7. The van der Waals surface area contributed by atoms with Crippen LogP contribution in [0.1, 0.15) is 50.5 Å². The van der Waals surface area contributed by atoms with E-state index < -0.39 is 18.2 Å². The minimum absolute atomic E-state index is 0.0161. The van der Waals surface area contributed by atoms with Crippen LogP contribution in [0.2, 0.25) is 0 Å². The maximum Gasteiger partial charge on any atom is 0.435 e. The molecule has 0 unspecified atom stereocenters. The molecule has 1 aromatic rings. The normalized spacial score (nSPS) is 18.0. The van der Waals surface area contributed by atoms with E-state index in [1.54, 1.807) is 36.2 Å². The van der Waals surface area contributed by atoms with Gasteiger partial charge in [0.05, 0.1) is 6.42 Å². The molecule has 1 heterocycles. The lowest BCUT2D eigenvalue weighted by atomic mass is 9.98. The molecule has 13 nitrogen and oxygen atoms in total. The van der Waals surface area contributed by atoms with Gasteiger partial charge in [0, 0.05) is 44.5 Å². The molecule has 2 aliphatic rings. The number of likely N-dealkylation sites (N-methyl/N-ethyl adjacent to an activating group) is 2. The number of carbonyl (C=O) groups excluding carboxylic acids is 4. The van der Waals surface area contributed by atoms with Crippen molar-refractivity contribution in [2.45, 2.75) is 57.1 Å². The van der Waals surface area contributed by atoms with E-state index in [1.807, 2.05) is 19.0 Å². The average molecular weight is 560 g/mol. The number of esters is 1. The lowest BCUT2D eigenvalue weighted by Crippen LogP contribution is -2.46. The lowest BCUT2D eigenvalue weighted by molar-refractivity contribution is -0.150. The van der Waals surface area contributed by atoms with E-state index in [1.165, 1.54) is 11.3 Å². The summed E-state index contributed by atoms with van der Waals surface area (Å²) >= 11 is 0. The number of rotatable bonds is 11. The van der Waals surface area contributed by atoms with Gasteiger partial charge in [-0.15, -0.1) is 0 Å². The molecular formula is C27H41N7O6. The molecule has 1 saturated heterocycles. The molecule has 3 rings (SSSR count). The van der Waals surface area contributed by atoms with Gasteiger partial charge in [-0.25, -0.2) is 9.59 Å². The summed E-state index contributed by atoms with van der Waals surface area (Å²) in [6, 6.07) is 5.58. The van der Waals surface area contributed by atoms with Crippen LogP contribution < -0.4 is 21.3 Å². The Balaban J connectivity index is 1.41. The van der Waals surface area contributed by atoms with E-state index in [0.29, 0.717) is 37.3 Å². The summed E-state index contributed by atoms with van der Waals surface area (Å²) < 4.78 is 5.45. The van der Waals surface area contributed by atoms with E-state index in [4.69, 9.17) is 15.3 Å². The van der Waals surface area contributed by atoms with E-state index in [0.717, 1.165) is 25.7 Å². The molecule has 4 amide bonds. The molecule has 0 aromatic heterocycles. The van der Waals surface area contributed by atoms with Crippen molar-refractivity contribution in [1.82, 2.24) is 20.4 Å². The predicted octanol–water partition coefficient (Wildman–Crippen LogP) is 1.61. The molecule has 4 N–H and O–H groups in total. The van der Waals surface area contributed by atoms with Gasteiger partial charge in [0.25, 0.3) is 0 Å². The van der Waals surface area contributed by atoms with Crippen LogP contribution in [0.3, 0.4) is 0 Å². The Kier molecular flexibility index (Phi) is 11.5. The van der Waals surface area contributed by atoms with Gasteiger partial charge >= 0.3 is 18.1 Å². The Morgan fingerprint density at radius 2 is 1.75 bits per heavy atom. The second-order valence-corrected chi connectivity index (χ2v) is 10.3. The number of oxime groups is 1. The first-order chi connectivity index (χ1) is 19.1. The minimum Gasteiger partial charge on any atom is -0.462 e. The van der Waals surface area contributed by atoms with Gasteiger partial charge in [-0.2, -0.15) is 0 Å². The Morgan fingerprint density at radius 3 is 2.42 bits per heavy atom. The molecule has 1 aliphatic heterocycles. The van der Waals surface area contributed by atoms with Crippen molar-refractivity contribution in [3.8, 4) is 0 Å². The average Bonchev–Trinajstić information content (AvgIpc) is 3.30. The summed E-state index contributed by atoms with van der Waals surface area (Å²) in [4.78, 5) is 59.1. The number of nitrogens with one attached hydrogen (secondary N) is 2. The van der Waals surface area contributed by atoms with Crippen molar-refractivity contribution in [2.75, 3.05) is 52.2 Å². The number of amides is 4. The van der Waals surface area contributed by atoms with E-state index in [-0.39, 0.29) is 36.8 Å². The summed E-state index contributed by atoms with van der Waals surface area (Å²) in [7, 11) is 5.42. The van der Waals surface area contributed by atoms with Crippen LogP contribution in [0.15, 0.2) is 29.4 Å². The fraction of sp³-hybridized carbons (Fsp3) is 0.593. The van der Waals surface area contributed by atoms with Crippen LogP contribution in [0, 0.1) is 0 Å². The maximum absolute atomic E-state index is 12.9. The second kappa shape index (κ2) is 15.1. The minimum atomic E-state index is -0.676. The van der Waals surface area contributed by atoms with Gasteiger partial charge in [-0.1, -0.05) is 11.6 Å².